The lowest BCUT2D eigenvalue weighted by molar-refractivity contribution is 0.0721. The molecule has 0 spiro atoms. The fourth-order valence-electron chi connectivity index (χ4n) is 2.38. The molecule has 1 fully saturated rings. The molecule has 1 amide bonds. The van der Waals surface area contributed by atoms with Crippen LogP contribution in [-0.4, -0.2) is 33.9 Å². The molecule has 0 saturated carbocycles. The van der Waals surface area contributed by atoms with Gasteiger partial charge in [0.25, 0.3) is 5.91 Å². The topological polar surface area (TPSA) is 82.2 Å². The first-order valence-electron chi connectivity index (χ1n) is 6.66. The van der Waals surface area contributed by atoms with Gasteiger partial charge in [0.05, 0.1) is 23.0 Å². The molecule has 6 heteroatoms. The van der Waals surface area contributed by atoms with Crippen LogP contribution in [-0.2, 0) is 11.3 Å². The van der Waals surface area contributed by atoms with Gasteiger partial charge in [0.2, 0.25) is 0 Å². The van der Waals surface area contributed by atoms with Crippen LogP contribution in [0.1, 0.15) is 43.4 Å². The number of hydrogen-bond donors (Lipinski definition) is 2. The Morgan fingerprint density at radius 1 is 1.68 bits per heavy atom. The van der Waals surface area contributed by atoms with E-state index >= 15 is 0 Å². The van der Waals surface area contributed by atoms with Gasteiger partial charge >= 0.3 is 0 Å². The van der Waals surface area contributed by atoms with E-state index in [1.165, 1.54) is 0 Å². The fraction of sp³-hybridized carbons (Fsp3) is 0.692. The van der Waals surface area contributed by atoms with Gasteiger partial charge in [-0.25, -0.2) is 0 Å². The van der Waals surface area contributed by atoms with Crippen molar-refractivity contribution < 1.29 is 9.53 Å². The van der Waals surface area contributed by atoms with Gasteiger partial charge in [0.15, 0.2) is 0 Å². The predicted octanol–water partition coefficient (Wildman–Crippen LogP) is 1.09. The van der Waals surface area contributed by atoms with E-state index in [2.05, 4.69) is 10.4 Å². The Hall–Kier alpha value is -1.56. The molecular formula is C13H22N4O2. The maximum absolute atomic E-state index is 12.5. The van der Waals surface area contributed by atoms with Crippen molar-refractivity contribution in [2.45, 2.75) is 52.3 Å². The molecule has 1 aromatic heterocycles. The van der Waals surface area contributed by atoms with Crippen LogP contribution in [0.4, 0.5) is 5.69 Å². The number of nitrogens with zero attached hydrogens (tertiary/aromatic N) is 2. The third-order valence-corrected chi connectivity index (χ3v) is 3.97. The molecule has 2 rings (SSSR count). The van der Waals surface area contributed by atoms with E-state index in [0.29, 0.717) is 30.2 Å². The number of ether oxygens (including phenoxy) is 1. The van der Waals surface area contributed by atoms with Crippen molar-refractivity contribution in [1.82, 2.24) is 15.1 Å². The standard InChI is InChI=1S/C13H22N4O2/c1-5-17-11(10(14)8(2)16-17)12(18)15-13(4)6-7-19-9(13)3/h9H,5-7,14H2,1-4H3,(H,15,18). The van der Waals surface area contributed by atoms with Gasteiger partial charge in [-0.15, -0.1) is 0 Å². The Morgan fingerprint density at radius 3 is 2.89 bits per heavy atom. The van der Waals surface area contributed by atoms with Gasteiger partial charge in [-0.1, -0.05) is 0 Å². The average Bonchev–Trinajstić information content (AvgIpc) is 2.81. The maximum Gasteiger partial charge on any atom is 0.272 e. The summed E-state index contributed by atoms with van der Waals surface area (Å²) in [5.41, 5.74) is 7.20. The number of nitrogen functional groups attached to an aromatic ring is 1. The molecule has 0 radical (unpaired) electrons. The molecule has 6 nitrogen and oxygen atoms in total. The molecule has 0 aromatic carbocycles. The van der Waals surface area contributed by atoms with Gasteiger partial charge < -0.3 is 15.8 Å². The molecule has 2 unspecified atom stereocenters. The number of aryl methyl sites for hydroxylation is 2. The number of nitrogens with one attached hydrogen (secondary N) is 1. The molecule has 1 saturated heterocycles. The van der Waals surface area contributed by atoms with Crippen LogP contribution in [0, 0.1) is 6.92 Å². The summed E-state index contributed by atoms with van der Waals surface area (Å²) in [6.07, 6.45) is 0.802. The van der Waals surface area contributed by atoms with Gasteiger partial charge in [-0.05, 0) is 34.1 Å². The minimum absolute atomic E-state index is 0.00299. The highest BCUT2D eigenvalue weighted by Crippen LogP contribution is 2.26. The molecule has 0 bridgehead atoms. The van der Waals surface area contributed by atoms with Crippen molar-refractivity contribution in [2.75, 3.05) is 12.3 Å². The Morgan fingerprint density at radius 2 is 2.37 bits per heavy atom. The Kier molecular flexibility index (Phi) is 3.54. The van der Waals surface area contributed by atoms with Crippen molar-refractivity contribution >= 4 is 11.6 Å². The van der Waals surface area contributed by atoms with Crippen molar-refractivity contribution in [3.05, 3.63) is 11.4 Å². The Balaban J connectivity index is 2.25. The second-order valence-corrected chi connectivity index (χ2v) is 5.30. The van der Waals surface area contributed by atoms with E-state index in [1.807, 2.05) is 20.8 Å². The van der Waals surface area contributed by atoms with Crippen molar-refractivity contribution in [1.29, 1.82) is 0 Å². The summed E-state index contributed by atoms with van der Waals surface area (Å²) in [4.78, 5) is 12.5. The summed E-state index contributed by atoms with van der Waals surface area (Å²) < 4.78 is 7.17. The summed E-state index contributed by atoms with van der Waals surface area (Å²) in [7, 11) is 0. The van der Waals surface area contributed by atoms with Crippen LogP contribution in [0.25, 0.3) is 0 Å². The van der Waals surface area contributed by atoms with Crippen molar-refractivity contribution in [3.8, 4) is 0 Å². The normalized spacial score (nSPS) is 26.6. The summed E-state index contributed by atoms with van der Waals surface area (Å²) in [6.45, 7) is 8.99. The molecule has 19 heavy (non-hydrogen) atoms. The highest BCUT2D eigenvalue weighted by atomic mass is 16.5. The van der Waals surface area contributed by atoms with Crippen LogP contribution < -0.4 is 11.1 Å². The maximum atomic E-state index is 12.5. The number of rotatable bonds is 3. The number of nitrogens with two attached hydrogens (primary N) is 1. The van der Waals surface area contributed by atoms with Crippen molar-refractivity contribution in [3.63, 3.8) is 0 Å². The second kappa shape index (κ2) is 4.85. The molecule has 1 aromatic rings. The Bertz CT molecular complexity index is 497. The van der Waals surface area contributed by atoms with E-state index in [-0.39, 0.29) is 17.6 Å². The molecule has 2 atom stereocenters. The summed E-state index contributed by atoms with van der Waals surface area (Å²) in [6, 6.07) is 0. The molecule has 2 heterocycles. The quantitative estimate of drug-likeness (QED) is 0.858. The van der Waals surface area contributed by atoms with E-state index in [9.17, 15) is 4.79 Å². The molecular weight excluding hydrogens is 244 g/mol. The predicted molar refractivity (Wildman–Crippen MR) is 73.0 cm³/mol. The lowest BCUT2D eigenvalue weighted by atomic mass is 9.94. The minimum atomic E-state index is -0.347. The second-order valence-electron chi connectivity index (χ2n) is 5.30. The van der Waals surface area contributed by atoms with Crippen LogP contribution in [0.2, 0.25) is 0 Å². The first-order valence-corrected chi connectivity index (χ1v) is 6.66. The lowest BCUT2D eigenvalue weighted by Crippen LogP contribution is -2.51. The fourth-order valence-corrected chi connectivity index (χ4v) is 2.38. The molecule has 3 N–H and O–H groups in total. The minimum Gasteiger partial charge on any atom is -0.395 e. The van der Waals surface area contributed by atoms with E-state index in [1.54, 1.807) is 11.6 Å². The number of amides is 1. The van der Waals surface area contributed by atoms with Gasteiger partial charge in [-0.2, -0.15) is 5.10 Å². The third-order valence-electron chi connectivity index (χ3n) is 3.97. The molecule has 106 valence electrons. The van der Waals surface area contributed by atoms with Crippen LogP contribution in [0.5, 0.6) is 0 Å². The van der Waals surface area contributed by atoms with Crippen LogP contribution >= 0.6 is 0 Å². The highest BCUT2D eigenvalue weighted by molar-refractivity contribution is 5.98. The van der Waals surface area contributed by atoms with Crippen LogP contribution in [0.15, 0.2) is 0 Å². The Labute approximate surface area is 113 Å². The first-order chi connectivity index (χ1) is 8.89. The summed E-state index contributed by atoms with van der Waals surface area (Å²) in [5, 5.41) is 7.31. The van der Waals surface area contributed by atoms with Gasteiger partial charge in [0.1, 0.15) is 5.69 Å². The number of carbonyl (C=O) groups is 1. The van der Waals surface area contributed by atoms with Gasteiger partial charge in [-0.3, -0.25) is 9.48 Å². The number of hydrogen-bond acceptors (Lipinski definition) is 4. The number of aromatic nitrogens is 2. The zero-order chi connectivity index (χ0) is 14.2. The monoisotopic (exact) mass is 266 g/mol. The SMILES string of the molecule is CCn1nc(C)c(N)c1C(=O)NC1(C)CCOC1C. The van der Waals surface area contributed by atoms with E-state index in [0.717, 1.165) is 6.42 Å². The third kappa shape index (κ3) is 2.32. The van der Waals surface area contributed by atoms with E-state index in [4.69, 9.17) is 10.5 Å². The number of carbonyl (C=O) groups excluding carboxylic acids is 1. The molecule has 0 aliphatic carbocycles. The van der Waals surface area contributed by atoms with Gasteiger partial charge in [0, 0.05) is 13.2 Å². The highest BCUT2D eigenvalue weighted by Gasteiger charge is 2.39. The zero-order valence-corrected chi connectivity index (χ0v) is 12.0. The smallest absolute Gasteiger partial charge is 0.272 e. The van der Waals surface area contributed by atoms with Crippen LogP contribution in [0.3, 0.4) is 0 Å². The summed E-state index contributed by atoms with van der Waals surface area (Å²) in [5.74, 6) is -0.181. The van der Waals surface area contributed by atoms with Crippen molar-refractivity contribution in [2.24, 2.45) is 0 Å². The molecule has 1 aliphatic heterocycles. The summed E-state index contributed by atoms with van der Waals surface area (Å²) >= 11 is 0. The van der Waals surface area contributed by atoms with E-state index < -0.39 is 0 Å². The lowest BCUT2D eigenvalue weighted by Gasteiger charge is -2.29. The zero-order valence-electron chi connectivity index (χ0n) is 12.0. The number of anilines is 1. The first kappa shape index (κ1) is 13.9. The average molecular weight is 266 g/mol. The molecule has 1 aliphatic rings. The largest absolute Gasteiger partial charge is 0.395 e.